The van der Waals surface area contributed by atoms with Crippen LogP contribution in [0.2, 0.25) is 0 Å². The summed E-state index contributed by atoms with van der Waals surface area (Å²) in [6, 6.07) is 3.87. The van der Waals surface area contributed by atoms with E-state index in [9.17, 15) is 4.79 Å². The number of hydrogen-bond donors (Lipinski definition) is 1. The van der Waals surface area contributed by atoms with Crippen LogP contribution in [0.15, 0.2) is 12.1 Å². The summed E-state index contributed by atoms with van der Waals surface area (Å²) in [6.45, 7) is 11.2. The minimum atomic E-state index is -0.00848. The van der Waals surface area contributed by atoms with Gasteiger partial charge in [0, 0.05) is 31.9 Å². The average molecular weight is 362 g/mol. The molecule has 1 fully saturated rings. The zero-order valence-electron chi connectivity index (χ0n) is 16.9. The zero-order chi connectivity index (χ0) is 18.9. The summed E-state index contributed by atoms with van der Waals surface area (Å²) in [4.78, 5) is 19.9. The molecule has 1 aliphatic heterocycles. The first kappa shape index (κ1) is 20.8. The Morgan fingerprint density at radius 2 is 2.08 bits per heavy atom. The van der Waals surface area contributed by atoms with Crippen molar-refractivity contribution in [2.45, 2.75) is 52.4 Å². The highest BCUT2D eigenvalue weighted by atomic mass is 16.5. The van der Waals surface area contributed by atoms with Crippen molar-refractivity contribution in [3.05, 3.63) is 29.1 Å². The number of likely N-dealkylation sites (tertiary alicyclic amines) is 1. The van der Waals surface area contributed by atoms with Crippen LogP contribution in [0.1, 0.15) is 67.2 Å². The molecule has 1 aromatic heterocycles. The molecule has 0 aromatic carbocycles. The molecule has 1 aromatic rings. The van der Waals surface area contributed by atoms with Gasteiger partial charge in [-0.05, 0) is 70.3 Å². The standard InChI is InChI=1S/C21H35N3O2/c1-16(2)8-12-24-13-9-18(10-14-24)20-19(7-6-17(3)23-20)21(25)22-11-5-15-26-4/h6-7,16,18H,5,8-15H2,1-4H3,(H,22,25). The smallest absolute Gasteiger partial charge is 0.253 e. The lowest BCUT2D eigenvalue weighted by molar-refractivity contribution is 0.0945. The number of nitrogens with zero attached hydrogens (tertiary/aromatic N) is 2. The number of pyridine rings is 1. The van der Waals surface area contributed by atoms with Gasteiger partial charge in [-0.15, -0.1) is 0 Å². The van der Waals surface area contributed by atoms with Gasteiger partial charge in [-0.1, -0.05) is 13.8 Å². The second kappa shape index (κ2) is 10.6. The third-order valence-corrected chi connectivity index (χ3v) is 5.12. The van der Waals surface area contributed by atoms with Crippen molar-refractivity contribution in [1.82, 2.24) is 15.2 Å². The molecule has 0 bridgehead atoms. The highest BCUT2D eigenvalue weighted by Crippen LogP contribution is 2.29. The summed E-state index contributed by atoms with van der Waals surface area (Å²) >= 11 is 0. The fourth-order valence-corrected chi connectivity index (χ4v) is 3.46. The lowest BCUT2D eigenvalue weighted by atomic mass is 9.89. The number of aryl methyl sites for hydroxylation is 1. The molecule has 0 atom stereocenters. The van der Waals surface area contributed by atoms with Gasteiger partial charge in [0.05, 0.1) is 11.3 Å². The minimum absolute atomic E-state index is 0.00848. The monoisotopic (exact) mass is 361 g/mol. The number of hydrogen-bond acceptors (Lipinski definition) is 4. The maximum absolute atomic E-state index is 12.6. The first-order valence-electron chi connectivity index (χ1n) is 9.98. The molecule has 0 aliphatic carbocycles. The van der Waals surface area contributed by atoms with Crippen molar-refractivity contribution in [1.29, 1.82) is 0 Å². The fraction of sp³-hybridized carbons (Fsp3) is 0.714. The Kier molecular flexibility index (Phi) is 8.52. The lowest BCUT2D eigenvalue weighted by Crippen LogP contribution is -2.35. The van der Waals surface area contributed by atoms with E-state index in [0.717, 1.165) is 55.2 Å². The van der Waals surface area contributed by atoms with Crippen LogP contribution in [0.4, 0.5) is 0 Å². The highest BCUT2D eigenvalue weighted by molar-refractivity contribution is 5.95. The van der Waals surface area contributed by atoms with Crippen molar-refractivity contribution in [2.24, 2.45) is 5.92 Å². The Labute approximate surface area is 158 Å². The number of amides is 1. The van der Waals surface area contributed by atoms with E-state index in [-0.39, 0.29) is 5.91 Å². The molecular weight excluding hydrogens is 326 g/mol. The number of methoxy groups -OCH3 is 1. The van der Waals surface area contributed by atoms with E-state index in [1.807, 2.05) is 19.1 Å². The zero-order valence-corrected chi connectivity index (χ0v) is 16.9. The Balaban J connectivity index is 1.98. The van der Waals surface area contributed by atoms with E-state index in [2.05, 4.69) is 24.1 Å². The van der Waals surface area contributed by atoms with Crippen molar-refractivity contribution in [2.75, 3.05) is 39.9 Å². The third-order valence-electron chi connectivity index (χ3n) is 5.12. The summed E-state index contributed by atoms with van der Waals surface area (Å²) in [5.41, 5.74) is 2.71. The molecule has 2 rings (SSSR count). The number of carbonyl (C=O) groups is 1. The van der Waals surface area contributed by atoms with Gasteiger partial charge >= 0.3 is 0 Å². The van der Waals surface area contributed by atoms with E-state index in [1.54, 1.807) is 7.11 Å². The molecule has 1 N–H and O–H groups in total. The molecule has 2 heterocycles. The molecular formula is C21H35N3O2. The van der Waals surface area contributed by atoms with E-state index in [4.69, 9.17) is 9.72 Å². The Hall–Kier alpha value is -1.46. The predicted molar refractivity (Wildman–Crippen MR) is 106 cm³/mol. The van der Waals surface area contributed by atoms with Gasteiger partial charge in [-0.3, -0.25) is 9.78 Å². The largest absolute Gasteiger partial charge is 0.385 e. The first-order chi connectivity index (χ1) is 12.5. The highest BCUT2D eigenvalue weighted by Gasteiger charge is 2.25. The minimum Gasteiger partial charge on any atom is -0.385 e. The van der Waals surface area contributed by atoms with Crippen LogP contribution < -0.4 is 5.32 Å². The maximum atomic E-state index is 12.6. The van der Waals surface area contributed by atoms with Crippen LogP contribution in [0, 0.1) is 12.8 Å². The van der Waals surface area contributed by atoms with Crippen molar-refractivity contribution in [3.8, 4) is 0 Å². The van der Waals surface area contributed by atoms with Crippen molar-refractivity contribution in [3.63, 3.8) is 0 Å². The summed E-state index contributed by atoms with van der Waals surface area (Å²) in [6.07, 6.45) is 4.24. The first-order valence-corrected chi connectivity index (χ1v) is 9.98. The Morgan fingerprint density at radius 3 is 2.73 bits per heavy atom. The summed E-state index contributed by atoms with van der Waals surface area (Å²) in [5, 5.41) is 3.00. The predicted octanol–water partition coefficient (Wildman–Crippen LogP) is 3.38. The van der Waals surface area contributed by atoms with Crippen LogP contribution in [0.5, 0.6) is 0 Å². The topological polar surface area (TPSA) is 54.5 Å². The van der Waals surface area contributed by atoms with Gasteiger partial charge in [0.25, 0.3) is 5.91 Å². The van der Waals surface area contributed by atoms with Gasteiger partial charge < -0.3 is 15.0 Å². The molecule has 1 amide bonds. The van der Waals surface area contributed by atoms with E-state index < -0.39 is 0 Å². The quantitative estimate of drug-likeness (QED) is 0.685. The molecule has 26 heavy (non-hydrogen) atoms. The Bertz CT molecular complexity index is 566. The summed E-state index contributed by atoms with van der Waals surface area (Å²) in [7, 11) is 1.68. The molecule has 1 aliphatic rings. The maximum Gasteiger partial charge on any atom is 0.253 e. The number of ether oxygens (including phenoxy) is 1. The van der Waals surface area contributed by atoms with Crippen LogP contribution in [0.25, 0.3) is 0 Å². The summed E-state index contributed by atoms with van der Waals surface area (Å²) in [5.74, 6) is 1.12. The molecule has 5 nitrogen and oxygen atoms in total. The van der Waals surface area contributed by atoms with Crippen molar-refractivity contribution < 1.29 is 9.53 Å². The third kappa shape index (κ3) is 6.36. The molecule has 146 valence electrons. The number of carbonyl (C=O) groups excluding carboxylic acids is 1. The van der Waals surface area contributed by atoms with E-state index >= 15 is 0 Å². The average Bonchev–Trinajstić information content (AvgIpc) is 2.63. The van der Waals surface area contributed by atoms with Crippen LogP contribution in [-0.2, 0) is 4.74 Å². The van der Waals surface area contributed by atoms with Gasteiger partial charge in [0.15, 0.2) is 0 Å². The molecule has 0 radical (unpaired) electrons. The lowest BCUT2D eigenvalue weighted by Gasteiger charge is -2.32. The molecule has 1 saturated heterocycles. The van der Waals surface area contributed by atoms with Gasteiger partial charge in [-0.25, -0.2) is 0 Å². The Morgan fingerprint density at radius 1 is 1.35 bits per heavy atom. The number of aromatic nitrogens is 1. The second-order valence-electron chi connectivity index (χ2n) is 7.79. The molecule has 0 spiro atoms. The van der Waals surface area contributed by atoms with Gasteiger partial charge in [0.2, 0.25) is 0 Å². The van der Waals surface area contributed by atoms with Crippen molar-refractivity contribution >= 4 is 5.91 Å². The summed E-state index contributed by atoms with van der Waals surface area (Å²) < 4.78 is 5.04. The van der Waals surface area contributed by atoms with Gasteiger partial charge in [-0.2, -0.15) is 0 Å². The van der Waals surface area contributed by atoms with Crippen LogP contribution >= 0.6 is 0 Å². The molecule has 5 heteroatoms. The van der Waals surface area contributed by atoms with E-state index in [0.29, 0.717) is 19.1 Å². The van der Waals surface area contributed by atoms with Crippen LogP contribution in [-0.4, -0.2) is 55.7 Å². The SMILES string of the molecule is COCCCNC(=O)c1ccc(C)nc1C1CCN(CCC(C)C)CC1. The number of rotatable bonds is 9. The second-order valence-corrected chi connectivity index (χ2v) is 7.79. The number of nitrogens with one attached hydrogen (secondary N) is 1. The normalized spacial score (nSPS) is 16.2. The van der Waals surface area contributed by atoms with Gasteiger partial charge in [0.1, 0.15) is 0 Å². The fourth-order valence-electron chi connectivity index (χ4n) is 3.46. The number of piperidine rings is 1. The molecule has 0 saturated carbocycles. The van der Waals surface area contributed by atoms with Crippen LogP contribution in [0.3, 0.4) is 0 Å². The molecule has 0 unspecified atom stereocenters. The van der Waals surface area contributed by atoms with E-state index in [1.165, 1.54) is 13.0 Å².